The lowest BCUT2D eigenvalue weighted by atomic mass is 10.0. The van der Waals surface area contributed by atoms with Crippen LogP contribution in [0, 0.1) is 5.92 Å². The number of rotatable bonds is 8. The van der Waals surface area contributed by atoms with Gasteiger partial charge in [0.25, 0.3) is 0 Å². The fourth-order valence-corrected chi connectivity index (χ4v) is 1.53. The Bertz CT molecular complexity index is 244. The third-order valence-electron chi connectivity index (χ3n) is 2.49. The molecule has 0 fully saturated rings. The highest BCUT2D eigenvalue weighted by Crippen LogP contribution is 2.14. The summed E-state index contributed by atoms with van der Waals surface area (Å²) in [4.78, 5) is 10.6. The first-order chi connectivity index (χ1) is 7.87. The minimum absolute atomic E-state index is 0.190. The second-order valence-corrected chi connectivity index (χ2v) is 4.91. The topological polar surface area (TPSA) is 35.5 Å². The Morgan fingerprint density at radius 1 is 1.41 bits per heavy atom. The van der Waals surface area contributed by atoms with Crippen molar-refractivity contribution in [1.82, 2.24) is 0 Å². The molecule has 0 aromatic heterocycles. The second kappa shape index (κ2) is 8.29. The van der Waals surface area contributed by atoms with Gasteiger partial charge in [0.15, 0.2) is 0 Å². The highest BCUT2D eigenvalue weighted by Gasteiger charge is 2.12. The summed E-state index contributed by atoms with van der Waals surface area (Å²) < 4.78 is 10.5. The first kappa shape index (κ1) is 16.2. The van der Waals surface area contributed by atoms with Crippen molar-refractivity contribution in [3.8, 4) is 0 Å². The number of carbonyl (C=O) groups excluding carboxylic acids is 1. The van der Waals surface area contributed by atoms with E-state index in [1.165, 1.54) is 6.92 Å². The maximum Gasteiger partial charge on any atom is 0.302 e. The number of esters is 1. The van der Waals surface area contributed by atoms with Crippen molar-refractivity contribution >= 4 is 5.97 Å². The third kappa shape index (κ3) is 10.1. The monoisotopic (exact) mass is 242 g/mol. The predicted octanol–water partition coefficient (Wildman–Crippen LogP) is 3.34. The summed E-state index contributed by atoms with van der Waals surface area (Å²) in [6.45, 7) is 10.9. The second-order valence-electron chi connectivity index (χ2n) is 4.91. The molecule has 0 saturated carbocycles. The van der Waals surface area contributed by atoms with Gasteiger partial charge in [0.05, 0.1) is 12.2 Å². The Morgan fingerprint density at radius 2 is 2.06 bits per heavy atom. The highest BCUT2D eigenvalue weighted by atomic mass is 16.5. The van der Waals surface area contributed by atoms with Crippen LogP contribution in [0.2, 0.25) is 0 Å². The van der Waals surface area contributed by atoms with E-state index < -0.39 is 0 Å². The normalized spacial score (nSPS) is 13.9. The zero-order chi connectivity index (χ0) is 13.3. The average molecular weight is 242 g/mol. The smallest absolute Gasteiger partial charge is 0.302 e. The molecule has 0 amide bonds. The molecule has 0 radical (unpaired) electrons. The first-order valence-electron chi connectivity index (χ1n) is 6.32. The van der Waals surface area contributed by atoms with E-state index in [9.17, 15) is 4.79 Å². The van der Waals surface area contributed by atoms with Gasteiger partial charge in [0.1, 0.15) is 0 Å². The van der Waals surface area contributed by atoms with Crippen LogP contribution >= 0.6 is 0 Å². The molecule has 1 unspecified atom stereocenters. The molecule has 3 nitrogen and oxygen atoms in total. The van der Waals surface area contributed by atoms with Crippen LogP contribution in [0.25, 0.3) is 0 Å². The Labute approximate surface area is 105 Å². The van der Waals surface area contributed by atoms with Crippen LogP contribution in [-0.4, -0.2) is 24.8 Å². The van der Waals surface area contributed by atoms with Crippen molar-refractivity contribution in [1.29, 1.82) is 0 Å². The molecule has 0 aromatic carbocycles. The molecule has 0 aliphatic heterocycles. The van der Waals surface area contributed by atoms with Crippen molar-refractivity contribution < 1.29 is 14.3 Å². The minimum Gasteiger partial charge on any atom is -0.466 e. The lowest BCUT2D eigenvalue weighted by Gasteiger charge is -2.20. The molecule has 0 spiro atoms. The lowest BCUT2D eigenvalue weighted by molar-refractivity contribution is -0.141. The standard InChI is InChI=1S/C14H26O3/c1-6-17-14(4,5)10-7-8-12(2)9-11-16-13(3)15/h7,10,12H,6,8-9,11H2,1-5H3. The van der Waals surface area contributed by atoms with Gasteiger partial charge in [-0.3, -0.25) is 4.79 Å². The van der Waals surface area contributed by atoms with Crippen LogP contribution in [0.1, 0.15) is 47.5 Å². The number of carbonyl (C=O) groups is 1. The van der Waals surface area contributed by atoms with Crippen LogP contribution in [0.4, 0.5) is 0 Å². The van der Waals surface area contributed by atoms with Crippen molar-refractivity contribution in [2.45, 2.75) is 53.1 Å². The average Bonchev–Trinajstić information content (AvgIpc) is 2.16. The molecule has 0 bridgehead atoms. The van der Waals surface area contributed by atoms with Crippen LogP contribution in [0.3, 0.4) is 0 Å². The van der Waals surface area contributed by atoms with E-state index in [1.54, 1.807) is 0 Å². The molecule has 1 atom stereocenters. The zero-order valence-corrected chi connectivity index (χ0v) is 11.8. The summed E-state index contributed by atoms with van der Waals surface area (Å²) in [5, 5.41) is 0. The van der Waals surface area contributed by atoms with Gasteiger partial charge in [-0.05, 0) is 39.5 Å². The molecule has 100 valence electrons. The van der Waals surface area contributed by atoms with Gasteiger partial charge in [-0.15, -0.1) is 0 Å². The summed E-state index contributed by atoms with van der Waals surface area (Å²) >= 11 is 0. The Hall–Kier alpha value is -0.830. The number of allylic oxidation sites excluding steroid dienone is 1. The van der Waals surface area contributed by atoms with E-state index in [0.29, 0.717) is 12.5 Å². The molecule has 0 aromatic rings. The van der Waals surface area contributed by atoms with E-state index in [4.69, 9.17) is 9.47 Å². The minimum atomic E-state index is -0.203. The van der Waals surface area contributed by atoms with Gasteiger partial charge < -0.3 is 9.47 Å². The van der Waals surface area contributed by atoms with E-state index in [-0.39, 0.29) is 11.6 Å². The largest absolute Gasteiger partial charge is 0.466 e. The quantitative estimate of drug-likeness (QED) is 0.484. The number of hydrogen-bond donors (Lipinski definition) is 0. The van der Waals surface area contributed by atoms with Crippen molar-refractivity contribution in [3.63, 3.8) is 0 Å². The molecule has 17 heavy (non-hydrogen) atoms. The molecule has 0 N–H and O–H groups in total. The van der Waals surface area contributed by atoms with E-state index in [2.05, 4.69) is 32.9 Å². The van der Waals surface area contributed by atoms with Crippen LogP contribution in [0.15, 0.2) is 12.2 Å². The Morgan fingerprint density at radius 3 is 2.59 bits per heavy atom. The van der Waals surface area contributed by atoms with Crippen LogP contribution in [0.5, 0.6) is 0 Å². The summed E-state index contributed by atoms with van der Waals surface area (Å²) in [7, 11) is 0. The fraction of sp³-hybridized carbons (Fsp3) is 0.786. The third-order valence-corrected chi connectivity index (χ3v) is 2.49. The maximum absolute atomic E-state index is 10.6. The molecular formula is C14H26O3. The lowest BCUT2D eigenvalue weighted by Crippen LogP contribution is -2.20. The van der Waals surface area contributed by atoms with Crippen molar-refractivity contribution in [2.75, 3.05) is 13.2 Å². The van der Waals surface area contributed by atoms with Gasteiger partial charge in [0.2, 0.25) is 0 Å². The van der Waals surface area contributed by atoms with Gasteiger partial charge in [-0.25, -0.2) is 0 Å². The summed E-state index contributed by atoms with van der Waals surface area (Å²) in [5.74, 6) is 0.313. The van der Waals surface area contributed by atoms with Crippen LogP contribution < -0.4 is 0 Å². The predicted molar refractivity (Wildman–Crippen MR) is 69.9 cm³/mol. The molecule has 0 heterocycles. The molecule has 0 rings (SSSR count). The van der Waals surface area contributed by atoms with Gasteiger partial charge >= 0.3 is 5.97 Å². The first-order valence-corrected chi connectivity index (χ1v) is 6.32. The fourth-order valence-electron chi connectivity index (χ4n) is 1.53. The molecule has 3 heteroatoms. The van der Waals surface area contributed by atoms with Crippen molar-refractivity contribution in [3.05, 3.63) is 12.2 Å². The summed E-state index contributed by atoms with van der Waals surface area (Å²) in [6.07, 6.45) is 6.13. The van der Waals surface area contributed by atoms with E-state index in [0.717, 1.165) is 19.4 Å². The van der Waals surface area contributed by atoms with E-state index >= 15 is 0 Å². The van der Waals surface area contributed by atoms with Crippen molar-refractivity contribution in [2.24, 2.45) is 5.92 Å². The number of hydrogen-bond acceptors (Lipinski definition) is 3. The zero-order valence-electron chi connectivity index (χ0n) is 11.8. The van der Waals surface area contributed by atoms with E-state index in [1.807, 2.05) is 6.92 Å². The Balaban J connectivity index is 3.78. The number of ether oxygens (including phenoxy) is 2. The Kier molecular flexibility index (Phi) is 7.88. The van der Waals surface area contributed by atoms with Crippen LogP contribution in [-0.2, 0) is 14.3 Å². The van der Waals surface area contributed by atoms with Gasteiger partial charge in [0, 0.05) is 13.5 Å². The van der Waals surface area contributed by atoms with Gasteiger partial charge in [-0.2, -0.15) is 0 Å². The summed E-state index contributed by atoms with van der Waals surface area (Å²) in [5.41, 5.74) is -0.190. The molecule has 0 aliphatic rings. The molecule has 0 aliphatic carbocycles. The highest BCUT2D eigenvalue weighted by molar-refractivity contribution is 5.65. The maximum atomic E-state index is 10.6. The summed E-state index contributed by atoms with van der Waals surface area (Å²) in [6, 6.07) is 0. The molecule has 0 saturated heterocycles. The molecular weight excluding hydrogens is 216 g/mol. The van der Waals surface area contributed by atoms with Gasteiger partial charge in [-0.1, -0.05) is 19.1 Å². The SMILES string of the molecule is CCOC(C)(C)C=CCC(C)CCOC(C)=O.